The number of aliphatic hydroxyl groups is 1. The zero-order valence-electron chi connectivity index (χ0n) is 5.01. The first-order valence-corrected chi connectivity index (χ1v) is 3.82. The molecule has 10 heavy (non-hydrogen) atoms. The molecule has 1 N–H and O–H groups in total. The van der Waals surface area contributed by atoms with E-state index in [1.165, 1.54) is 0 Å². The van der Waals surface area contributed by atoms with E-state index in [1.807, 2.05) is 0 Å². The molecule has 4 heteroatoms. The standard InChI is InChI=1S/C6H5BrClNO/c7-6-5(8)4(3-10)1-2-9-6/h1-2,10H,3H2. The third kappa shape index (κ3) is 1.48. The predicted octanol–water partition coefficient (Wildman–Crippen LogP) is 1.99. The van der Waals surface area contributed by atoms with E-state index >= 15 is 0 Å². The van der Waals surface area contributed by atoms with Crippen LogP contribution < -0.4 is 0 Å². The highest BCUT2D eigenvalue weighted by Gasteiger charge is 2.01. The Kier molecular flexibility index (Phi) is 2.65. The Balaban J connectivity index is 3.14. The van der Waals surface area contributed by atoms with E-state index < -0.39 is 0 Å². The van der Waals surface area contributed by atoms with Crippen LogP contribution >= 0.6 is 27.5 Å². The second-order valence-corrected chi connectivity index (χ2v) is 2.86. The molecular weight excluding hydrogens is 217 g/mol. The maximum Gasteiger partial charge on any atom is 0.125 e. The third-order valence-electron chi connectivity index (χ3n) is 1.10. The molecule has 54 valence electrons. The minimum absolute atomic E-state index is 0.0556. The first kappa shape index (κ1) is 7.98. The van der Waals surface area contributed by atoms with Crippen molar-refractivity contribution < 1.29 is 5.11 Å². The van der Waals surface area contributed by atoms with Gasteiger partial charge >= 0.3 is 0 Å². The highest BCUT2D eigenvalue weighted by molar-refractivity contribution is 9.10. The first-order valence-electron chi connectivity index (χ1n) is 2.65. The van der Waals surface area contributed by atoms with E-state index in [4.69, 9.17) is 16.7 Å². The van der Waals surface area contributed by atoms with Crippen molar-refractivity contribution in [3.8, 4) is 0 Å². The lowest BCUT2D eigenvalue weighted by molar-refractivity contribution is 0.281. The molecule has 0 aliphatic rings. The lowest BCUT2D eigenvalue weighted by Crippen LogP contribution is -1.86. The van der Waals surface area contributed by atoms with E-state index in [2.05, 4.69) is 20.9 Å². The summed E-state index contributed by atoms with van der Waals surface area (Å²) in [7, 11) is 0. The maximum absolute atomic E-state index is 8.71. The molecule has 0 saturated carbocycles. The Morgan fingerprint density at radius 1 is 1.70 bits per heavy atom. The van der Waals surface area contributed by atoms with Crippen molar-refractivity contribution in [2.45, 2.75) is 6.61 Å². The highest BCUT2D eigenvalue weighted by Crippen LogP contribution is 2.23. The summed E-state index contributed by atoms with van der Waals surface area (Å²) in [6.45, 7) is -0.0556. The van der Waals surface area contributed by atoms with E-state index in [0.29, 0.717) is 15.2 Å². The molecule has 0 spiro atoms. The molecule has 0 aromatic carbocycles. The van der Waals surface area contributed by atoms with Crippen molar-refractivity contribution in [1.29, 1.82) is 0 Å². The number of aromatic nitrogens is 1. The average molecular weight is 222 g/mol. The fourth-order valence-corrected chi connectivity index (χ4v) is 1.12. The molecule has 0 atom stereocenters. The predicted molar refractivity (Wildman–Crippen MR) is 42.9 cm³/mol. The summed E-state index contributed by atoms with van der Waals surface area (Å²) in [5, 5.41) is 9.19. The van der Waals surface area contributed by atoms with Crippen LogP contribution in [0, 0.1) is 0 Å². The summed E-state index contributed by atoms with van der Waals surface area (Å²) in [4.78, 5) is 3.86. The fraction of sp³-hybridized carbons (Fsp3) is 0.167. The molecule has 0 unspecified atom stereocenters. The van der Waals surface area contributed by atoms with Crippen LogP contribution in [0.3, 0.4) is 0 Å². The van der Waals surface area contributed by atoms with Crippen LogP contribution in [0.1, 0.15) is 5.56 Å². The Bertz CT molecular complexity index is 241. The summed E-state index contributed by atoms with van der Waals surface area (Å²) in [6, 6.07) is 1.67. The van der Waals surface area contributed by atoms with Crippen molar-refractivity contribution in [2.75, 3.05) is 0 Å². The van der Waals surface area contributed by atoms with Gasteiger partial charge in [0.15, 0.2) is 0 Å². The topological polar surface area (TPSA) is 33.1 Å². The second-order valence-electron chi connectivity index (χ2n) is 1.73. The minimum Gasteiger partial charge on any atom is -0.392 e. The van der Waals surface area contributed by atoms with Gasteiger partial charge in [-0.15, -0.1) is 0 Å². The number of hydrogen-bond donors (Lipinski definition) is 1. The number of rotatable bonds is 1. The first-order chi connectivity index (χ1) is 4.75. The van der Waals surface area contributed by atoms with Gasteiger partial charge in [0.25, 0.3) is 0 Å². The molecule has 1 heterocycles. The molecule has 1 aromatic rings. The van der Waals surface area contributed by atoms with Crippen LogP contribution in [0.25, 0.3) is 0 Å². The van der Waals surface area contributed by atoms with Crippen LogP contribution in [0.2, 0.25) is 5.02 Å². The van der Waals surface area contributed by atoms with Crippen molar-refractivity contribution in [3.05, 3.63) is 27.5 Å². The van der Waals surface area contributed by atoms with E-state index in [9.17, 15) is 0 Å². The zero-order chi connectivity index (χ0) is 7.56. The average Bonchev–Trinajstić information content (AvgIpc) is 1.95. The van der Waals surface area contributed by atoms with Gasteiger partial charge < -0.3 is 5.11 Å². The summed E-state index contributed by atoms with van der Waals surface area (Å²) in [6.07, 6.45) is 1.58. The number of nitrogens with zero attached hydrogens (tertiary/aromatic N) is 1. The highest BCUT2D eigenvalue weighted by atomic mass is 79.9. The smallest absolute Gasteiger partial charge is 0.125 e. The minimum atomic E-state index is -0.0556. The summed E-state index contributed by atoms with van der Waals surface area (Å²) in [5.74, 6) is 0. The Morgan fingerprint density at radius 3 is 2.90 bits per heavy atom. The van der Waals surface area contributed by atoms with Gasteiger partial charge in [-0.25, -0.2) is 4.98 Å². The summed E-state index contributed by atoms with van der Waals surface area (Å²) >= 11 is 8.86. The molecule has 1 rings (SSSR count). The number of halogens is 2. The van der Waals surface area contributed by atoms with Gasteiger partial charge in [0.1, 0.15) is 4.60 Å². The van der Waals surface area contributed by atoms with Crippen molar-refractivity contribution in [1.82, 2.24) is 4.98 Å². The second kappa shape index (κ2) is 3.32. The van der Waals surface area contributed by atoms with Crippen LogP contribution in [0.4, 0.5) is 0 Å². The molecular formula is C6H5BrClNO. The zero-order valence-corrected chi connectivity index (χ0v) is 7.35. The normalized spacial score (nSPS) is 9.90. The molecule has 2 nitrogen and oxygen atoms in total. The van der Waals surface area contributed by atoms with Gasteiger partial charge in [0, 0.05) is 11.8 Å². The van der Waals surface area contributed by atoms with Gasteiger partial charge in [-0.1, -0.05) is 11.6 Å². The van der Waals surface area contributed by atoms with Crippen LogP contribution in [0.5, 0.6) is 0 Å². The summed E-state index contributed by atoms with van der Waals surface area (Å²) < 4.78 is 0.570. The van der Waals surface area contributed by atoms with E-state index in [-0.39, 0.29) is 6.61 Å². The Hall–Kier alpha value is -0.120. The molecule has 0 aliphatic heterocycles. The molecule has 0 aliphatic carbocycles. The van der Waals surface area contributed by atoms with Crippen LogP contribution in [-0.2, 0) is 6.61 Å². The maximum atomic E-state index is 8.71. The van der Waals surface area contributed by atoms with Crippen molar-refractivity contribution in [2.24, 2.45) is 0 Å². The third-order valence-corrected chi connectivity index (χ3v) is 2.35. The van der Waals surface area contributed by atoms with Gasteiger partial charge in [0.2, 0.25) is 0 Å². The van der Waals surface area contributed by atoms with Crippen molar-refractivity contribution >= 4 is 27.5 Å². The van der Waals surface area contributed by atoms with Crippen LogP contribution in [0.15, 0.2) is 16.9 Å². The monoisotopic (exact) mass is 221 g/mol. The molecule has 1 aromatic heterocycles. The number of pyridine rings is 1. The van der Waals surface area contributed by atoms with Crippen molar-refractivity contribution in [3.63, 3.8) is 0 Å². The number of aliphatic hydroxyl groups excluding tert-OH is 1. The van der Waals surface area contributed by atoms with E-state index in [0.717, 1.165) is 0 Å². The summed E-state index contributed by atoms with van der Waals surface area (Å²) in [5.41, 5.74) is 0.684. The molecule has 0 bridgehead atoms. The van der Waals surface area contributed by atoms with Crippen LogP contribution in [-0.4, -0.2) is 10.1 Å². The number of hydrogen-bond acceptors (Lipinski definition) is 2. The molecule has 0 fully saturated rings. The largest absolute Gasteiger partial charge is 0.392 e. The van der Waals surface area contributed by atoms with E-state index in [1.54, 1.807) is 12.3 Å². The van der Waals surface area contributed by atoms with Gasteiger partial charge in [-0.3, -0.25) is 0 Å². The fourth-order valence-electron chi connectivity index (χ4n) is 0.577. The van der Waals surface area contributed by atoms with Gasteiger partial charge in [0.05, 0.1) is 11.6 Å². The molecule has 0 saturated heterocycles. The van der Waals surface area contributed by atoms with Gasteiger partial charge in [-0.2, -0.15) is 0 Å². The lowest BCUT2D eigenvalue weighted by Gasteiger charge is -1.99. The SMILES string of the molecule is OCc1ccnc(Br)c1Cl. The Morgan fingerprint density at radius 2 is 2.40 bits per heavy atom. The van der Waals surface area contributed by atoms with Gasteiger partial charge in [-0.05, 0) is 22.0 Å². The lowest BCUT2D eigenvalue weighted by atomic mass is 10.3. The Labute approximate surface area is 72.0 Å². The molecule has 0 radical (unpaired) electrons. The quantitative estimate of drug-likeness (QED) is 0.737. The molecule has 0 amide bonds.